The van der Waals surface area contributed by atoms with Gasteiger partial charge in [0.15, 0.2) is 0 Å². The first-order chi connectivity index (χ1) is 5.93. The van der Waals surface area contributed by atoms with Crippen LogP contribution in [0, 0.1) is 0 Å². The van der Waals surface area contributed by atoms with E-state index in [4.69, 9.17) is 0 Å². The van der Waals surface area contributed by atoms with Crippen LogP contribution in [0.1, 0.15) is 0 Å². The fourth-order valence-electron chi connectivity index (χ4n) is 1.45. The molecule has 0 bridgehead atoms. The van der Waals surface area contributed by atoms with Gasteiger partial charge >= 0.3 is 0 Å². The zero-order valence-corrected chi connectivity index (χ0v) is 6.33. The van der Waals surface area contributed by atoms with E-state index in [1.807, 2.05) is 24.5 Å². The molecule has 0 saturated heterocycles. The lowest BCUT2D eigenvalue weighted by atomic mass is 10.3. The van der Waals surface area contributed by atoms with Crippen molar-refractivity contribution in [2.24, 2.45) is 0 Å². The number of H-pyrrole nitrogens is 2. The van der Waals surface area contributed by atoms with Crippen LogP contribution in [0.4, 0.5) is 0 Å². The zero-order valence-electron chi connectivity index (χ0n) is 6.33. The monoisotopic (exact) mass is 157 g/mol. The van der Waals surface area contributed by atoms with Gasteiger partial charge in [0, 0.05) is 17.8 Å². The number of aromatic nitrogens is 3. The first kappa shape index (κ1) is 5.83. The molecule has 0 aliphatic carbocycles. The molecule has 0 unspecified atom stereocenters. The van der Waals surface area contributed by atoms with Crippen LogP contribution in [0.3, 0.4) is 0 Å². The molecule has 2 N–H and O–H groups in total. The Morgan fingerprint density at radius 1 is 1.08 bits per heavy atom. The van der Waals surface area contributed by atoms with Crippen LogP contribution in [0.2, 0.25) is 0 Å². The highest BCUT2D eigenvalue weighted by Gasteiger charge is 1.99. The Labute approximate surface area is 68.4 Å². The second-order valence-electron chi connectivity index (χ2n) is 2.81. The quantitative estimate of drug-likeness (QED) is 0.515. The summed E-state index contributed by atoms with van der Waals surface area (Å²) in [5, 5.41) is 1.14. The number of nitrogens with one attached hydrogen (secondary N) is 2. The van der Waals surface area contributed by atoms with Gasteiger partial charge in [-0.3, -0.25) is 0 Å². The lowest BCUT2D eigenvalue weighted by Crippen LogP contribution is -1.76. The summed E-state index contributed by atoms with van der Waals surface area (Å²) in [5.74, 6) is 0. The lowest BCUT2D eigenvalue weighted by molar-refractivity contribution is 1.37. The van der Waals surface area contributed by atoms with Crippen molar-refractivity contribution in [2.45, 2.75) is 0 Å². The fraction of sp³-hybridized carbons (Fsp3) is 0. The van der Waals surface area contributed by atoms with Crippen molar-refractivity contribution in [3.63, 3.8) is 0 Å². The predicted octanol–water partition coefficient (Wildman–Crippen LogP) is 2.04. The largest absolute Gasteiger partial charge is 0.360 e. The van der Waals surface area contributed by atoms with Gasteiger partial charge in [-0.25, -0.2) is 4.98 Å². The summed E-state index contributed by atoms with van der Waals surface area (Å²) in [4.78, 5) is 10.6. The molecule has 0 fully saturated rings. The summed E-state index contributed by atoms with van der Waals surface area (Å²) in [5.41, 5.74) is 3.04. The van der Waals surface area contributed by atoms with Gasteiger partial charge in [-0.15, -0.1) is 0 Å². The molecule has 0 atom stereocenters. The molecule has 3 aromatic heterocycles. The van der Waals surface area contributed by atoms with E-state index in [-0.39, 0.29) is 0 Å². The Balaban J connectivity index is 2.62. The average Bonchev–Trinajstić information content (AvgIpc) is 2.64. The van der Waals surface area contributed by atoms with Crippen molar-refractivity contribution in [1.29, 1.82) is 0 Å². The molecule has 3 rings (SSSR count). The molecule has 0 radical (unpaired) electrons. The van der Waals surface area contributed by atoms with Crippen molar-refractivity contribution in [3.8, 4) is 0 Å². The second kappa shape index (κ2) is 1.88. The molecule has 3 heteroatoms. The number of rotatable bonds is 0. The Hall–Kier alpha value is -1.77. The number of aromatic amines is 2. The summed E-state index contributed by atoms with van der Waals surface area (Å²) >= 11 is 0. The standard InChI is InChI=1S/C9H7N3/c1-3-11-9-6(1)5-8-7(12-9)2-4-10-8/h1-5,10H,(H,11,12). The van der Waals surface area contributed by atoms with Gasteiger partial charge in [0.1, 0.15) is 5.65 Å². The van der Waals surface area contributed by atoms with Crippen LogP contribution < -0.4 is 0 Å². The third-order valence-corrected chi connectivity index (χ3v) is 2.04. The van der Waals surface area contributed by atoms with E-state index in [0.29, 0.717) is 0 Å². The van der Waals surface area contributed by atoms with Crippen molar-refractivity contribution >= 4 is 22.1 Å². The fourth-order valence-corrected chi connectivity index (χ4v) is 1.45. The smallest absolute Gasteiger partial charge is 0.138 e. The number of hydrogen-bond donors (Lipinski definition) is 2. The SMILES string of the molecule is c1cc2nc3[nH]ccc3cc2[nH]1. The van der Waals surface area contributed by atoms with E-state index in [0.717, 1.165) is 22.1 Å². The number of fused-ring (bicyclic) bond motifs is 2. The summed E-state index contributed by atoms with van der Waals surface area (Å²) in [7, 11) is 0. The van der Waals surface area contributed by atoms with Gasteiger partial charge in [-0.2, -0.15) is 0 Å². The summed E-state index contributed by atoms with van der Waals surface area (Å²) in [6, 6.07) is 6.08. The summed E-state index contributed by atoms with van der Waals surface area (Å²) in [6.07, 6.45) is 3.80. The molecule has 0 aliphatic rings. The zero-order chi connectivity index (χ0) is 7.97. The maximum atomic E-state index is 4.41. The van der Waals surface area contributed by atoms with E-state index in [1.54, 1.807) is 0 Å². The van der Waals surface area contributed by atoms with E-state index in [1.165, 1.54) is 0 Å². The normalized spacial score (nSPS) is 11.3. The van der Waals surface area contributed by atoms with Gasteiger partial charge in [0.2, 0.25) is 0 Å². The second-order valence-corrected chi connectivity index (χ2v) is 2.81. The van der Waals surface area contributed by atoms with Crippen LogP contribution in [-0.4, -0.2) is 15.0 Å². The van der Waals surface area contributed by atoms with Gasteiger partial charge in [-0.05, 0) is 18.2 Å². The van der Waals surface area contributed by atoms with Crippen molar-refractivity contribution in [3.05, 3.63) is 30.6 Å². The molecule has 3 nitrogen and oxygen atoms in total. The Bertz CT molecular complexity index is 442. The van der Waals surface area contributed by atoms with Gasteiger partial charge < -0.3 is 9.97 Å². The van der Waals surface area contributed by atoms with Crippen LogP contribution >= 0.6 is 0 Å². The first-order valence-corrected chi connectivity index (χ1v) is 3.85. The Kier molecular flexibility index (Phi) is 0.913. The van der Waals surface area contributed by atoms with Crippen molar-refractivity contribution in [1.82, 2.24) is 15.0 Å². The number of pyridine rings is 1. The molecule has 0 saturated carbocycles. The molecule has 0 aliphatic heterocycles. The van der Waals surface area contributed by atoms with Crippen molar-refractivity contribution < 1.29 is 0 Å². The predicted molar refractivity (Wildman–Crippen MR) is 48.0 cm³/mol. The van der Waals surface area contributed by atoms with E-state index >= 15 is 0 Å². The minimum absolute atomic E-state index is 0.946. The molecular weight excluding hydrogens is 150 g/mol. The van der Waals surface area contributed by atoms with Crippen LogP contribution in [0.25, 0.3) is 22.1 Å². The topological polar surface area (TPSA) is 44.5 Å². The van der Waals surface area contributed by atoms with Crippen LogP contribution in [0.5, 0.6) is 0 Å². The molecule has 0 aromatic carbocycles. The summed E-state index contributed by atoms with van der Waals surface area (Å²) in [6.45, 7) is 0. The third-order valence-electron chi connectivity index (χ3n) is 2.04. The molecular formula is C9H7N3. The minimum Gasteiger partial charge on any atom is -0.360 e. The van der Waals surface area contributed by atoms with Gasteiger partial charge in [-0.1, -0.05) is 0 Å². The Morgan fingerprint density at radius 2 is 2.00 bits per heavy atom. The van der Waals surface area contributed by atoms with Gasteiger partial charge in [0.25, 0.3) is 0 Å². The van der Waals surface area contributed by atoms with Gasteiger partial charge in [0.05, 0.1) is 11.0 Å². The molecule has 58 valence electrons. The minimum atomic E-state index is 0.946. The average molecular weight is 157 g/mol. The van der Waals surface area contributed by atoms with Crippen molar-refractivity contribution in [2.75, 3.05) is 0 Å². The number of hydrogen-bond acceptors (Lipinski definition) is 1. The van der Waals surface area contributed by atoms with E-state index < -0.39 is 0 Å². The maximum absolute atomic E-state index is 4.41. The van der Waals surface area contributed by atoms with Crippen LogP contribution in [0.15, 0.2) is 30.6 Å². The first-order valence-electron chi connectivity index (χ1n) is 3.85. The third kappa shape index (κ3) is 0.625. The summed E-state index contributed by atoms with van der Waals surface area (Å²) < 4.78 is 0. The molecule has 3 heterocycles. The lowest BCUT2D eigenvalue weighted by Gasteiger charge is -1.89. The molecule has 0 spiro atoms. The highest BCUT2D eigenvalue weighted by molar-refractivity contribution is 5.89. The highest BCUT2D eigenvalue weighted by atomic mass is 14.9. The highest BCUT2D eigenvalue weighted by Crippen LogP contribution is 2.16. The van der Waals surface area contributed by atoms with E-state index in [2.05, 4.69) is 21.0 Å². The number of nitrogens with zero attached hydrogens (tertiary/aromatic N) is 1. The van der Waals surface area contributed by atoms with E-state index in [9.17, 15) is 0 Å². The molecule has 3 aromatic rings. The molecule has 12 heavy (non-hydrogen) atoms. The molecule has 0 amide bonds. The van der Waals surface area contributed by atoms with Crippen LogP contribution in [-0.2, 0) is 0 Å². The maximum Gasteiger partial charge on any atom is 0.138 e. The Morgan fingerprint density at radius 3 is 3.00 bits per heavy atom.